The second kappa shape index (κ2) is 8.84. The van der Waals surface area contributed by atoms with Gasteiger partial charge in [-0.2, -0.15) is 0 Å². The normalized spacial score (nSPS) is 14.3. The van der Waals surface area contributed by atoms with E-state index < -0.39 is 0 Å². The Bertz CT molecular complexity index is 787. The van der Waals surface area contributed by atoms with Gasteiger partial charge in [-0.1, -0.05) is 36.4 Å². The molecule has 3 rings (SSSR count). The summed E-state index contributed by atoms with van der Waals surface area (Å²) in [4.78, 5) is 38.2. The van der Waals surface area contributed by atoms with Crippen LogP contribution in [0, 0.1) is 5.92 Å². The fourth-order valence-electron chi connectivity index (χ4n) is 2.95. The Hall–Kier alpha value is -3.35. The predicted molar refractivity (Wildman–Crippen MR) is 102 cm³/mol. The molecule has 1 saturated heterocycles. The largest absolute Gasteiger partial charge is 0.324 e. The average molecular weight is 366 g/mol. The second-order valence-electron chi connectivity index (χ2n) is 6.37. The molecule has 0 unspecified atom stereocenters. The van der Waals surface area contributed by atoms with E-state index in [1.165, 1.54) is 0 Å². The smallest absolute Gasteiger partial charge is 0.321 e. The Labute approximate surface area is 157 Å². The number of carbonyl (C=O) groups is 3. The SMILES string of the molecule is O=C(NNC(=O)C1CCN(C(=O)Nc2ccccc2)CC1)c1ccccc1. The minimum atomic E-state index is -0.358. The molecule has 0 bridgehead atoms. The third kappa shape index (κ3) is 5.07. The van der Waals surface area contributed by atoms with Gasteiger partial charge in [0.1, 0.15) is 0 Å². The summed E-state index contributed by atoms with van der Waals surface area (Å²) in [5.74, 6) is -0.826. The topological polar surface area (TPSA) is 90.5 Å². The van der Waals surface area contributed by atoms with Gasteiger partial charge >= 0.3 is 6.03 Å². The number of hydrogen-bond acceptors (Lipinski definition) is 3. The number of rotatable bonds is 3. The van der Waals surface area contributed by atoms with Crippen molar-refractivity contribution in [2.24, 2.45) is 5.92 Å². The monoisotopic (exact) mass is 366 g/mol. The Balaban J connectivity index is 1.42. The molecule has 27 heavy (non-hydrogen) atoms. The Morgan fingerprint density at radius 2 is 1.41 bits per heavy atom. The molecule has 0 saturated carbocycles. The highest BCUT2D eigenvalue weighted by Crippen LogP contribution is 2.18. The number of hydrazine groups is 1. The number of piperidine rings is 1. The van der Waals surface area contributed by atoms with Gasteiger partial charge in [-0.15, -0.1) is 0 Å². The summed E-state index contributed by atoms with van der Waals surface area (Å²) in [7, 11) is 0. The van der Waals surface area contributed by atoms with Gasteiger partial charge in [0.25, 0.3) is 5.91 Å². The average Bonchev–Trinajstić information content (AvgIpc) is 2.73. The standard InChI is InChI=1S/C20H22N4O3/c25-18(15-7-3-1-4-8-15)22-23-19(26)16-11-13-24(14-12-16)20(27)21-17-9-5-2-6-10-17/h1-10,16H,11-14H2,(H,21,27)(H,22,25)(H,23,26). The first-order chi connectivity index (χ1) is 13.1. The van der Waals surface area contributed by atoms with Crippen LogP contribution in [0.25, 0.3) is 0 Å². The molecule has 4 amide bonds. The summed E-state index contributed by atoms with van der Waals surface area (Å²) < 4.78 is 0. The van der Waals surface area contributed by atoms with E-state index in [9.17, 15) is 14.4 Å². The van der Waals surface area contributed by atoms with Crippen molar-refractivity contribution in [3.8, 4) is 0 Å². The first-order valence-electron chi connectivity index (χ1n) is 8.89. The maximum Gasteiger partial charge on any atom is 0.321 e. The molecule has 3 N–H and O–H groups in total. The van der Waals surface area contributed by atoms with Crippen LogP contribution in [0.3, 0.4) is 0 Å². The summed E-state index contributed by atoms with van der Waals surface area (Å²) in [5.41, 5.74) is 6.13. The fourth-order valence-corrected chi connectivity index (χ4v) is 2.95. The number of amides is 4. The van der Waals surface area contributed by atoms with Crippen molar-refractivity contribution in [1.29, 1.82) is 0 Å². The van der Waals surface area contributed by atoms with Gasteiger partial charge in [0.15, 0.2) is 0 Å². The van der Waals surface area contributed by atoms with Crippen molar-refractivity contribution in [2.45, 2.75) is 12.8 Å². The lowest BCUT2D eigenvalue weighted by Gasteiger charge is -2.31. The number of nitrogens with one attached hydrogen (secondary N) is 3. The summed E-state index contributed by atoms with van der Waals surface area (Å²) >= 11 is 0. The summed E-state index contributed by atoms with van der Waals surface area (Å²) in [6.07, 6.45) is 1.10. The Kier molecular flexibility index (Phi) is 6.04. The van der Waals surface area contributed by atoms with Crippen molar-refractivity contribution in [2.75, 3.05) is 18.4 Å². The minimum absolute atomic E-state index is 0.169. The van der Waals surface area contributed by atoms with Gasteiger partial charge in [-0.25, -0.2) is 4.79 Å². The van der Waals surface area contributed by atoms with Crippen molar-refractivity contribution in [1.82, 2.24) is 15.8 Å². The molecule has 0 spiro atoms. The molecule has 0 aromatic heterocycles. The van der Waals surface area contributed by atoms with E-state index in [4.69, 9.17) is 0 Å². The van der Waals surface area contributed by atoms with Crippen LogP contribution in [0.2, 0.25) is 0 Å². The van der Waals surface area contributed by atoms with Crippen LogP contribution in [0.4, 0.5) is 10.5 Å². The molecule has 1 fully saturated rings. The summed E-state index contributed by atoms with van der Waals surface area (Å²) in [6.45, 7) is 0.979. The van der Waals surface area contributed by atoms with Crippen molar-refractivity contribution in [3.63, 3.8) is 0 Å². The van der Waals surface area contributed by atoms with Crippen molar-refractivity contribution in [3.05, 3.63) is 66.2 Å². The number of carbonyl (C=O) groups excluding carboxylic acids is 3. The third-order valence-corrected chi connectivity index (χ3v) is 4.51. The Morgan fingerprint density at radius 3 is 2.04 bits per heavy atom. The molecular formula is C20H22N4O3. The van der Waals surface area contributed by atoms with Gasteiger partial charge < -0.3 is 10.2 Å². The maximum atomic E-state index is 12.3. The van der Waals surface area contributed by atoms with E-state index in [1.807, 2.05) is 36.4 Å². The van der Waals surface area contributed by atoms with Crippen molar-refractivity contribution >= 4 is 23.5 Å². The highest BCUT2D eigenvalue weighted by Gasteiger charge is 2.27. The molecule has 1 aliphatic rings. The number of para-hydroxylation sites is 1. The molecule has 1 aliphatic heterocycles. The summed E-state index contributed by atoms with van der Waals surface area (Å²) in [6, 6.07) is 17.8. The fraction of sp³-hybridized carbons (Fsp3) is 0.250. The van der Waals surface area contributed by atoms with Crippen LogP contribution in [0.15, 0.2) is 60.7 Å². The number of likely N-dealkylation sites (tertiary alicyclic amines) is 1. The number of hydrogen-bond donors (Lipinski definition) is 3. The molecule has 7 heteroatoms. The lowest BCUT2D eigenvalue weighted by Crippen LogP contribution is -2.48. The number of anilines is 1. The molecule has 1 heterocycles. The molecular weight excluding hydrogens is 344 g/mol. The zero-order chi connectivity index (χ0) is 19.1. The lowest BCUT2D eigenvalue weighted by molar-refractivity contribution is -0.127. The molecule has 0 radical (unpaired) electrons. The molecule has 7 nitrogen and oxygen atoms in total. The van der Waals surface area contributed by atoms with Crippen LogP contribution in [-0.4, -0.2) is 35.8 Å². The van der Waals surface area contributed by atoms with Crippen molar-refractivity contribution < 1.29 is 14.4 Å². The lowest BCUT2D eigenvalue weighted by atomic mass is 9.96. The van der Waals surface area contributed by atoms with Gasteiger partial charge in [0, 0.05) is 30.3 Å². The van der Waals surface area contributed by atoms with Gasteiger partial charge in [0.2, 0.25) is 5.91 Å². The Morgan fingerprint density at radius 1 is 0.815 bits per heavy atom. The zero-order valence-electron chi connectivity index (χ0n) is 14.9. The van der Waals surface area contributed by atoms with Crippen LogP contribution < -0.4 is 16.2 Å². The molecule has 2 aromatic rings. The first kappa shape index (κ1) is 18.4. The highest BCUT2D eigenvalue weighted by atomic mass is 16.2. The van der Waals surface area contributed by atoms with E-state index >= 15 is 0 Å². The molecule has 0 atom stereocenters. The van der Waals surface area contributed by atoms with E-state index in [0.29, 0.717) is 31.5 Å². The predicted octanol–water partition coefficient (Wildman–Crippen LogP) is 2.39. The molecule has 0 aliphatic carbocycles. The molecule has 2 aromatic carbocycles. The van der Waals surface area contributed by atoms with Crippen LogP contribution in [0.1, 0.15) is 23.2 Å². The summed E-state index contributed by atoms with van der Waals surface area (Å²) in [5, 5.41) is 2.84. The molecule has 140 valence electrons. The van der Waals surface area contributed by atoms with E-state index in [-0.39, 0.29) is 23.8 Å². The van der Waals surface area contributed by atoms with Crippen LogP contribution in [0.5, 0.6) is 0 Å². The van der Waals surface area contributed by atoms with Gasteiger partial charge in [0.05, 0.1) is 0 Å². The minimum Gasteiger partial charge on any atom is -0.324 e. The first-order valence-corrected chi connectivity index (χ1v) is 8.89. The van der Waals surface area contributed by atoms with Crippen LogP contribution >= 0.6 is 0 Å². The third-order valence-electron chi connectivity index (χ3n) is 4.51. The van der Waals surface area contributed by atoms with E-state index in [1.54, 1.807) is 29.2 Å². The van der Waals surface area contributed by atoms with E-state index in [2.05, 4.69) is 16.2 Å². The number of benzene rings is 2. The highest BCUT2D eigenvalue weighted by molar-refractivity contribution is 5.95. The maximum absolute atomic E-state index is 12.3. The zero-order valence-corrected chi connectivity index (χ0v) is 14.9. The quantitative estimate of drug-likeness (QED) is 0.729. The number of nitrogens with zero attached hydrogens (tertiary/aromatic N) is 1. The van der Waals surface area contributed by atoms with Gasteiger partial charge in [-0.3, -0.25) is 20.4 Å². The van der Waals surface area contributed by atoms with Gasteiger partial charge in [-0.05, 0) is 37.1 Å². The second-order valence-corrected chi connectivity index (χ2v) is 6.37. The van der Waals surface area contributed by atoms with Crippen LogP contribution in [-0.2, 0) is 4.79 Å². The van der Waals surface area contributed by atoms with E-state index in [0.717, 1.165) is 5.69 Å². The number of urea groups is 1.